The summed E-state index contributed by atoms with van der Waals surface area (Å²) in [4.78, 5) is 11.4. The fourth-order valence-corrected chi connectivity index (χ4v) is 4.02. The summed E-state index contributed by atoms with van der Waals surface area (Å²) in [7, 11) is 5.02. The van der Waals surface area contributed by atoms with Crippen LogP contribution in [0.3, 0.4) is 0 Å². The molecule has 0 fully saturated rings. The Morgan fingerprint density at radius 3 is 2.36 bits per heavy atom. The Morgan fingerprint density at radius 2 is 1.75 bits per heavy atom. The van der Waals surface area contributed by atoms with E-state index in [9.17, 15) is 8.78 Å². The van der Waals surface area contributed by atoms with Gasteiger partial charge in [0.15, 0.2) is 0 Å². The standard InChI is InChI=1S/C26H30F2N6O2/c1-17(12-29-16-26(2,27)28)34(20-8-21(35-4)11-22(9-20)36-5)19-6-7-23-24(10-19)32-25(14-30-23)18-13-31-33(3)15-18/h6-11,13-15,17,29H,12,16H2,1-5H3. The molecule has 0 aliphatic heterocycles. The van der Waals surface area contributed by atoms with Gasteiger partial charge in [0.25, 0.3) is 5.92 Å². The summed E-state index contributed by atoms with van der Waals surface area (Å²) >= 11 is 0. The van der Waals surface area contributed by atoms with Gasteiger partial charge in [-0.3, -0.25) is 9.67 Å². The predicted octanol–water partition coefficient (Wildman–Crippen LogP) is 4.82. The number of hydrogen-bond acceptors (Lipinski definition) is 7. The molecule has 4 rings (SSSR count). The van der Waals surface area contributed by atoms with E-state index < -0.39 is 12.5 Å². The molecule has 0 saturated carbocycles. The van der Waals surface area contributed by atoms with Crippen molar-refractivity contribution in [2.75, 3.05) is 32.2 Å². The number of benzene rings is 2. The molecule has 8 nitrogen and oxygen atoms in total. The number of halogens is 2. The Kier molecular flexibility index (Phi) is 7.35. The Labute approximate surface area is 208 Å². The van der Waals surface area contributed by atoms with Crippen LogP contribution in [0.15, 0.2) is 55.0 Å². The van der Waals surface area contributed by atoms with Crippen molar-refractivity contribution in [3.63, 3.8) is 0 Å². The third-order valence-corrected chi connectivity index (χ3v) is 5.73. The van der Waals surface area contributed by atoms with Gasteiger partial charge < -0.3 is 19.7 Å². The van der Waals surface area contributed by atoms with Crippen LogP contribution in [0.5, 0.6) is 11.5 Å². The second-order valence-corrected chi connectivity index (χ2v) is 8.82. The van der Waals surface area contributed by atoms with Gasteiger partial charge in [-0.15, -0.1) is 0 Å². The Balaban J connectivity index is 1.76. The summed E-state index contributed by atoms with van der Waals surface area (Å²) in [6.07, 6.45) is 5.35. The van der Waals surface area contributed by atoms with E-state index in [-0.39, 0.29) is 6.04 Å². The highest BCUT2D eigenvalue weighted by Gasteiger charge is 2.23. The van der Waals surface area contributed by atoms with Crippen molar-refractivity contribution < 1.29 is 18.3 Å². The number of nitrogens with zero attached hydrogens (tertiary/aromatic N) is 5. The van der Waals surface area contributed by atoms with Crippen LogP contribution < -0.4 is 19.7 Å². The SMILES string of the molecule is COc1cc(OC)cc(N(c2ccc3ncc(-c4cnn(C)c4)nc3c2)C(C)CNCC(C)(F)F)c1. The maximum absolute atomic E-state index is 13.4. The number of anilines is 2. The van der Waals surface area contributed by atoms with Gasteiger partial charge >= 0.3 is 0 Å². The monoisotopic (exact) mass is 496 g/mol. The first-order valence-electron chi connectivity index (χ1n) is 11.5. The minimum absolute atomic E-state index is 0.198. The highest BCUT2D eigenvalue weighted by Crippen LogP contribution is 2.35. The van der Waals surface area contributed by atoms with Crippen LogP contribution in [0.2, 0.25) is 0 Å². The molecular formula is C26H30F2N6O2. The maximum Gasteiger partial charge on any atom is 0.257 e. The molecule has 0 aliphatic carbocycles. The number of nitrogens with one attached hydrogen (secondary N) is 1. The molecule has 1 atom stereocenters. The molecule has 36 heavy (non-hydrogen) atoms. The summed E-state index contributed by atoms with van der Waals surface area (Å²) in [5.41, 5.74) is 4.64. The first-order valence-corrected chi connectivity index (χ1v) is 11.5. The predicted molar refractivity (Wildman–Crippen MR) is 136 cm³/mol. The van der Waals surface area contributed by atoms with E-state index in [1.54, 1.807) is 37.4 Å². The van der Waals surface area contributed by atoms with E-state index in [0.29, 0.717) is 29.3 Å². The maximum atomic E-state index is 13.4. The van der Waals surface area contributed by atoms with Crippen LogP contribution in [0.1, 0.15) is 13.8 Å². The molecular weight excluding hydrogens is 466 g/mol. The second-order valence-electron chi connectivity index (χ2n) is 8.82. The number of aryl methyl sites for hydroxylation is 1. The highest BCUT2D eigenvalue weighted by atomic mass is 19.3. The van der Waals surface area contributed by atoms with Gasteiger partial charge in [0, 0.05) is 67.9 Å². The third kappa shape index (κ3) is 5.88. The fourth-order valence-electron chi connectivity index (χ4n) is 4.02. The lowest BCUT2D eigenvalue weighted by molar-refractivity contribution is 0.0227. The highest BCUT2D eigenvalue weighted by molar-refractivity contribution is 5.83. The van der Waals surface area contributed by atoms with Crippen LogP contribution in [0.25, 0.3) is 22.3 Å². The van der Waals surface area contributed by atoms with E-state index in [1.165, 1.54) is 0 Å². The van der Waals surface area contributed by atoms with Crippen molar-refractivity contribution in [3.8, 4) is 22.8 Å². The Bertz CT molecular complexity index is 1320. The van der Waals surface area contributed by atoms with E-state index in [4.69, 9.17) is 14.5 Å². The molecule has 1 N–H and O–H groups in total. The molecule has 0 amide bonds. The lowest BCUT2D eigenvalue weighted by Crippen LogP contribution is -2.41. The minimum atomic E-state index is -2.80. The molecule has 0 aliphatic rings. The summed E-state index contributed by atoms with van der Waals surface area (Å²) < 4.78 is 39.5. The Hall–Kier alpha value is -3.79. The van der Waals surface area contributed by atoms with Crippen molar-refractivity contribution in [3.05, 3.63) is 55.0 Å². The lowest BCUT2D eigenvalue weighted by atomic mass is 10.1. The van der Waals surface area contributed by atoms with E-state index >= 15 is 0 Å². The van der Waals surface area contributed by atoms with Crippen molar-refractivity contribution in [1.82, 2.24) is 25.1 Å². The van der Waals surface area contributed by atoms with Crippen LogP contribution in [0.4, 0.5) is 20.2 Å². The van der Waals surface area contributed by atoms with Crippen LogP contribution in [-0.2, 0) is 7.05 Å². The summed E-state index contributed by atoms with van der Waals surface area (Å²) in [6.45, 7) is 2.78. The molecule has 1 unspecified atom stereocenters. The first-order chi connectivity index (χ1) is 17.2. The zero-order valence-corrected chi connectivity index (χ0v) is 21.0. The molecule has 4 aromatic rings. The largest absolute Gasteiger partial charge is 0.497 e. The van der Waals surface area contributed by atoms with Gasteiger partial charge in [0.05, 0.1) is 49.9 Å². The van der Waals surface area contributed by atoms with Crippen molar-refractivity contribution in [2.45, 2.75) is 25.8 Å². The molecule has 0 spiro atoms. The summed E-state index contributed by atoms with van der Waals surface area (Å²) in [5, 5.41) is 7.10. The second kappa shape index (κ2) is 10.4. The third-order valence-electron chi connectivity index (χ3n) is 5.73. The topological polar surface area (TPSA) is 77.3 Å². The fraction of sp³-hybridized carbons (Fsp3) is 0.346. The molecule has 2 heterocycles. The van der Waals surface area contributed by atoms with Gasteiger partial charge in [-0.25, -0.2) is 13.8 Å². The van der Waals surface area contributed by atoms with Gasteiger partial charge in [-0.1, -0.05) is 0 Å². The molecule has 0 radical (unpaired) electrons. The number of alkyl halides is 2. The zero-order chi connectivity index (χ0) is 25.9. The number of hydrogen-bond donors (Lipinski definition) is 1. The molecule has 2 aromatic carbocycles. The van der Waals surface area contributed by atoms with Crippen LogP contribution >= 0.6 is 0 Å². The smallest absolute Gasteiger partial charge is 0.257 e. The number of aromatic nitrogens is 4. The van der Waals surface area contributed by atoms with Gasteiger partial charge in [0.1, 0.15) is 11.5 Å². The molecule has 0 bridgehead atoms. The molecule has 10 heteroatoms. The number of methoxy groups -OCH3 is 2. The van der Waals surface area contributed by atoms with E-state index in [2.05, 4.69) is 15.4 Å². The van der Waals surface area contributed by atoms with Crippen molar-refractivity contribution in [2.24, 2.45) is 7.05 Å². The number of fused-ring (bicyclic) bond motifs is 1. The van der Waals surface area contributed by atoms with E-state index in [1.807, 2.05) is 55.4 Å². The van der Waals surface area contributed by atoms with Gasteiger partial charge in [-0.2, -0.15) is 5.10 Å². The summed E-state index contributed by atoms with van der Waals surface area (Å²) in [5.74, 6) is -1.56. The average Bonchev–Trinajstić information content (AvgIpc) is 3.29. The normalized spacial score (nSPS) is 12.5. The number of ether oxygens (including phenoxy) is 2. The van der Waals surface area contributed by atoms with Crippen molar-refractivity contribution >= 4 is 22.4 Å². The molecule has 0 saturated heterocycles. The molecule has 2 aromatic heterocycles. The van der Waals surface area contributed by atoms with Crippen LogP contribution in [-0.4, -0.2) is 59.0 Å². The number of rotatable bonds is 10. The molecule has 190 valence electrons. The minimum Gasteiger partial charge on any atom is -0.497 e. The summed E-state index contributed by atoms with van der Waals surface area (Å²) in [6, 6.07) is 11.1. The van der Waals surface area contributed by atoms with E-state index in [0.717, 1.165) is 29.4 Å². The van der Waals surface area contributed by atoms with Gasteiger partial charge in [0.2, 0.25) is 0 Å². The van der Waals surface area contributed by atoms with Gasteiger partial charge in [-0.05, 0) is 25.1 Å². The van der Waals surface area contributed by atoms with Crippen molar-refractivity contribution in [1.29, 1.82) is 0 Å². The first kappa shape index (κ1) is 25.3. The Morgan fingerprint density at radius 1 is 1.03 bits per heavy atom. The van der Waals surface area contributed by atoms with Crippen LogP contribution in [0, 0.1) is 0 Å². The zero-order valence-electron chi connectivity index (χ0n) is 21.0. The average molecular weight is 497 g/mol. The quantitative estimate of drug-likeness (QED) is 0.337. The lowest BCUT2D eigenvalue weighted by Gasteiger charge is -2.32.